The highest BCUT2D eigenvalue weighted by atomic mass is 35.5. The summed E-state index contributed by atoms with van der Waals surface area (Å²) < 4.78 is 16.2. The first-order chi connectivity index (χ1) is 16.9. The molecule has 188 valence electrons. The Bertz CT molecular complexity index is 1030. The molecule has 0 fully saturated rings. The van der Waals surface area contributed by atoms with Crippen molar-refractivity contribution in [1.82, 2.24) is 15.5 Å². The van der Waals surface area contributed by atoms with Crippen LogP contribution in [0.3, 0.4) is 0 Å². The van der Waals surface area contributed by atoms with Gasteiger partial charge >= 0.3 is 0 Å². The molecule has 2 aromatic carbocycles. The van der Waals surface area contributed by atoms with E-state index in [2.05, 4.69) is 10.6 Å². The average Bonchev–Trinajstić information content (AvgIpc) is 3.31. The minimum absolute atomic E-state index is 0.106. The van der Waals surface area contributed by atoms with Gasteiger partial charge < -0.3 is 29.7 Å². The molecular formula is C25H30ClN3O6. The van der Waals surface area contributed by atoms with Gasteiger partial charge in [0.25, 0.3) is 0 Å². The average molecular weight is 504 g/mol. The highest BCUT2D eigenvalue weighted by Gasteiger charge is 2.32. The molecule has 1 heterocycles. The van der Waals surface area contributed by atoms with Crippen LogP contribution in [-0.4, -0.2) is 55.7 Å². The predicted octanol–water partition coefficient (Wildman–Crippen LogP) is 2.82. The third-order valence-electron chi connectivity index (χ3n) is 5.31. The molecule has 1 aliphatic rings. The van der Waals surface area contributed by atoms with Crippen LogP contribution in [0, 0.1) is 0 Å². The number of benzene rings is 2. The zero-order valence-electron chi connectivity index (χ0n) is 19.8. The second kappa shape index (κ2) is 13.0. The summed E-state index contributed by atoms with van der Waals surface area (Å²) in [6, 6.07) is 11.2. The van der Waals surface area contributed by atoms with Crippen LogP contribution in [-0.2, 0) is 25.7 Å². The Balaban J connectivity index is 1.90. The molecule has 9 nitrogen and oxygen atoms in total. The fourth-order valence-electron chi connectivity index (χ4n) is 3.61. The molecule has 0 saturated carbocycles. The maximum absolute atomic E-state index is 13.4. The van der Waals surface area contributed by atoms with Crippen molar-refractivity contribution in [2.24, 2.45) is 0 Å². The summed E-state index contributed by atoms with van der Waals surface area (Å²) in [5.41, 5.74) is 1.34. The topological polar surface area (TPSA) is 106 Å². The molecule has 2 aromatic rings. The number of ether oxygens (including phenoxy) is 3. The lowest BCUT2D eigenvalue weighted by Gasteiger charge is -2.32. The van der Waals surface area contributed by atoms with Gasteiger partial charge in [0, 0.05) is 38.2 Å². The molecule has 0 saturated heterocycles. The molecule has 3 rings (SSSR count). The van der Waals surface area contributed by atoms with Crippen molar-refractivity contribution < 1.29 is 28.6 Å². The molecule has 1 atom stereocenters. The Morgan fingerprint density at radius 1 is 1.09 bits per heavy atom. The Morgan fingerprint density at radius 3 is 2.54 bits per heavy atom. The van der Waals surface area contributed by atoms with E-state index in [1.165, 1.54) is 11.8 Å². The van der Waals surface area contributed by atoms with Crippen LogP contribution >= 0.6 is 11.6 Å². The lowest BCUT2D eigenvalue weighted by atomic mass is 10.0. The lowest BCUT2D eigenvalue weighted by Crippen LogP contribution is -2.47. The molecule has 35 heavy (non-hydrogen) atoms. The highest BCUT2D eigenvalue weighted by molar-refractivity contribution is 6.30. The molecule has 0 aliphatic carbocycles. The molecule has 0 unspecified atom stereocenters. The van der Waals surface area contributed by atoms with E-state index in [1.54, 1.807) is 36.4 Å². The summed E-state index contributed by atoms with van der Waals surface area (Å²) in [5.74, 6) is 0.0826. The van der Waals surface area contributed by atoms with Crippen molar-refractivity contribution in [1.29, 1.82) is 0 Å². The van der Waals surface area contributed by atoms with Crippen LogP contribution in [0.5, 0.6) is 11.5 Å². The van der Waals surface area contributed by atoms with Gasteiger partial charge in [-0.25, -0.2) is 0 Å². The van der Waals surface area contributed by atoms with Gasteiger partial charge in [-0.05, 0) is 48.7 Å². The number of hydrogen-bond donors (Lipinski definition) is 2. The first-order valence-corrected chi connectivity index (χ1v) is 11.8. The summed E-state index contributed by atoms with van der Waals surface area (Å²) in [5, 5.41) is 5.95. The molecule has 0 bridgehead atoms. The van der Waals surface area contributed by atoms with Crippen LogP contribution in [0.4, 0.5) is 0 Å². The van der Waals surface area contributed by atoms with Gasteiger partial charge in [0.15, 0.2) is 11.5 Å². The smallest absolute Gasteiger partial charge is 0.247 e. The van der Waals surface area contributed by atoms with Crippen LogP contribution < -0.4 is 20.1 Å². The minimum atomic E-state index is -0.953. The quantitative estimate of drug-likeness (QED) is 0.431. The van der Waals surface area contributed by atoms with Crippen molar-refractivity contribution in [3.63, 3.8) is 0 Å². The zero-order valence-corrected chi connectivity index (χ0v) is 20.6. The number of carbonyl (C=O) groups excluding carboxylic acids is 3. The zero-order chi connectivity index (χ0) is 25.2. The molecule has 0 aromatic heterocycles. The van der Waals surface area contributed by atoms with Crippen LogP contribution in [0.15, 0.2) is 42.5 Å². The first-order valence-electron chi connectivity index (χ1n) is 11.4. The summed E-state index contributed by atoms with van der Waals surface area (Å²) in [6.45, 7) is 4.73. The lowest BCUT2D eigenvalue weighted by molar-refractivity contribution is -0.141. The Hall–Kier alpha value is -3.30. The molecule has 0 spiro atoms. The van der Waals surface area contributed by atoms with E-state index in [4.69, 9.17) is 25.8 Å². The van der Waals surface area contributed by atoms with E-state index in [0.29, 0.717) is 48.3 Å². The predicted molar refractivity (Wildman–Crippen MR) is 130 cm³/mol. The van der Waals surface area contributed by atoms with Gasteiger partial charge in [0.1, 0.15) is 6.04 Å². The third-order valence-corrected chi connectivity index (χ3v) is 5.57. The maximum atomic E-state index is 13.4. The molecule has 10 heteroatoms. The number of halogens is 1. The van der Waals surface area contributed by atoms with Crippen molar-refractivity contribution in [2.45, 2.75) is 32.9 Å². The number of hydrogen-bond acceptors (Lipinski definition) is 6. The molecule has 2 N–H and O–H groups in total. The largest absolute Gasteiger partial charge is 0.454 e. The summed E-state index contributed by atoms with van der Waals surface area (Å²) >= 11 is 6.07. The van der Waals surface area contributed by atoms with E-state index in [1.807, 2.05) is 13.0 Å². The van der Waals surface area contributed by atoms with Crippen LogP contribution in [0.25, 0.3) is 0 Å². The van der Waals surface area contributed by atoms with Gasteiger partial charge in [-0.3, -0.25) is 14.4 Å². The minimum Gasteiger partial charge on any atom is -0.454 e. The van der Waals surface area contributed by atoms with Gasteiger partial charge in [0.2, 0.25) is 24.5 Å². The number of nitrogens with zero attached hydrogens (tertiary/aromatic N) is 1. The van der Waals surface area contributed by atoms with E-state index >= 15 is 0 Å². The number of fused-ring (bicyclic) bond motifs is 1. The molecule has 3 amide bonds. The Kier molecular flexibility index (Phi) is 9.75. The molecular weight excluding hydrogens is 474 g/mol. The fraction of sp³-hybridized carbons (Fsp3) is 0.400. The van der Waals surface area contributed by atoms with Gasteiger partial charge in [-0.2, -0.15) is 0 Å². The van der Waals surface area contributed by atoms with E-state index in [-0.39, 0.29) is 31.7 Å². The Labute approximate surface area is 209 Å². The number of amides is 3. The summed E-state index contributed by atoms with van der Waals surface area (Å²) in [7, 11) is 0. The fourth-order valence-corrected chi connectivity index (χ4v) is 3.73. The van der Waals surface area contributed by atoms with E-state index in [9.17, 15) is 14.4 Å². The van der Waals surface area contributed by atoms with Gasteiger partial charge in [0.05, 0.1) is 6.54 Å². The first kappa shape index (κ1) is 26.3. The SMILES string of the molecule is CCOCCCNC(=O)[C@H](c1ccc(Cl)cc1)N(Cc1ccc2c(c1)OCO2)C(=O)CNC(C)=O. The number of nitrogens with one attached hydrogen (secondary N) is 2. The van der Waals surface area contributed by atoms with Crippen molar-refractivity contribution in [2.75, 3.05) is 33.1 Å². The standard InChI is InChI=1S/C25H30ClN3O6/c1-3-33-12-4-11-27-25(32)24(19-6-8-20(26)9-7-19)29(23(31)14-28-17(2)30)15-18-5-10-21-22(13-18)35-16-34-21/h5-10,13,24H,3-4,11-12,14-16H2,1-2H3,(H,27,32)(H,28,30)/t24-/m0/s1. The van der Waals surface area contributed by atoms with Crippen molar-refractivity contribution in [3.05, 3.63) is 58.6 Å². The van der Waals surface area contributed by atoms with Gasteiger partial charge in [-0.15, -0.1) is 0 Å². The molecule has 0 radical (unpaired) electrons. The third kappa shape index (κ3) is 7.60. The summed E-state index contributed by atoms with van der Waals surface area (Å²) in [6.07, 6.45) is 0.634. The van der Waals surface area contributed by atoms with Crippen LogP contribution in [0.1, 0.15) is 37.4 Å². The number of carbonyl (C=O) groups is 3. The van der Waals surface area contributed by atoms with Crippen molar-refractivity contribution >= 4 is 29.3 Å². The van der Waals surface area contributed by atoms with Gasteiger partial charge in [-0.1, -0.05) is 29.8 Å². The normalized spacial score (nSPS) is 12.7. The second-order valence-corrected chi connectivity index (χ2v) is 8.35. The maximum Gasteiger partial charge on any atom is 0.247 e. The number of rotatable bonds is 12. The second-order valence-electron chi connectivity index (χ2n) is 7.91. The van der Waals surface area contributed by atoms with E-state index in [0.717, 1.165) is 5.56 Å². The van der Waals surface area contributed by atoms with E-state index < -0.39 is 11.9 Å². The van der Waals surface area contributed by atoms with Crippen LogP contribution in [0.2, 0.25) is 5.02 Å². The Morgan fingerprint density at radius 2 is 1.83 bits per heavy atom. The monoisotopic (exact) mass is 503 g/mol. The van der Waals surface area contributed by atoms with Crippen molar-refractivity contribution in [3.8, 4) is 11.5 Å². The molecule has 1 aliphatic heterocycles. The highest BCUT2D eigenvalue weighted by Crippen LogP contribution is 2.34. The summed E-state index contributed by atoms with van der Waals surface area (Å²) in [4.78, 5) is 39.6.